The minimum atomic E-state index is -5.61. The molecule has 0 heterocycles. The minimum Gasteiger partial charge on any atom is -0.497 e. The van der Waals surface area contributed by atoms with Gasteiger partial charge < -0.3 is 8.92 Å². The summed E-state index contributed by atoms with van der Waals surface area (Å²) in [5, 5.41) is 0. The molecule has 0 unspecified atom stereocenters. The van der Waals surface area contributed by atoms with Crippen LogP contribution in [-0.2, 0) is 10.1 Å². The lowest BCUT2D eigenvalue weighted by Gasteiger charge is -2.09. The lowest BCUT2D eigenvalue weighted by Crippen LogP contribution is -2.27. The maximum atomic E-state index is 11.9. The Labute approximate surface area is 174 Å². The Morgan fingerprint density at radius 3 is 1.41 bits per heavy atom. The van der Waals surface area contributed by atoms with Crippen molar-refractivity contribution in [1.29, 1.82) is 0 Å². The van der Waals surface area contributed by atoms with Crippen molar-refractivity contribution in [2.45, 2.75) is 5.51 Å². The smallest absolute Gasteiger partial charge is 0.497 e. The number of methoxy groups -OCH3 is 1. The van der Waals surface area contributed by atoms with Gasteiger partial charge in [0.15, 0.2) is 0 Å². The molecular weight excluding hydrogens is 425 g/mol. The minimum absolute atomic E-state index is 0. The van der Waals surface area contributed by atoms with E-state index in [1.807, 2.05) is 12.1 Å². The van der Waals surface area contributed by atoms with Gasteiger partial charge >= 0.3 is 15.6 Å². The van der Waals surface area contributed by atoms with Crippen LogP contribution in [-0.4, -0.2) is 21.0 Å². The van der Waals surface area contributed by atoms with Crippen molar-refractivity contribution in [2.75, 3.05) is 7.11 Å². The molecule has 0 aliphatic carbocycles. The van der Waals surface area contributed by atoms with Crippen molar-refractivity contribution in [3.63, 3.8) is 0 Å². The molecule has 0 fully saturated rings. The van der Waals surface area contributed by atoms with Crippen LogP contribution in [0.1, 0.15) is 0 Å². The number of hydrogen-bond donors (Lipinski definition) is 0. The fraction of sp³-hybridized carbons (Fsp3) is 0.100. The molecule has 0 spiro atoms. The highest BCUT2D eigenvalue weighted by molar-refractivity contribution is 7.88. The molecule has 29 heavy (non-hydrogen) atoms. The van der Waals surface area contributed by atoms with Crippen LogP contribution in [0, 0.1) is 0 Å². The van der Waals surface area contributed by atoms with Crippen LogP contribution in [0.4, 0.5) is 13.2 Å². The van der Waals surface area contributed by atoms with Gasteiger partial charge in [0.1, 0.15) is 11.5 Å². The normalized spacial score (nSPS) is 10.8. The third kappa shape index (κ3) is 7.35. The van der Waals surface area contributed by atoms with Crippen LogP contribution in [0.25, 0.3) is 11.1 Å². The van der Waals surface area contributed by atoms with Gasteiger partial charge in [0.2, 0.25) is 0 Å². The van der Waals surface area contributed by atoms with Crippen molar-refractivity contribution in [3.8, 4) is 22.6 Å². The van der Waals surface area contributed by atoms with E-state index in [-0.39, 0.29) is 13.5 Å². The van der Waals surface area contributed by atoms with Gasteiger partial charge in [-0.05, 0) is 35.4 Å². The van der Waals surface area contributed by atoms with Crippen LogP contribution in [0.2, 0.25) is 0 Å². The van der Waals surface area contributed by atoms with Crippen LogP contribution in [0.15, 0.2) is 84.9 Å². The zero-order valence-electron chi connectivity index (χ0n) is 15.3. The van der Waals surface area contributed by atoms with Gasteiger partial charge in [-0.2, -0.15) is 35.1 Å². The number of rotatable bonds is 4. The summed E-state index contributed by atoms with van der Waals surface area (Å²) in [7, 11) is -4.25. The van der Waals surface area contributed by atoms with E-state index >= 15 is 0 Å². The maximum Gasteiger partial charge on any atom is 0.534 e. The lowest BCUT2D eigenvalue weighted by atomic mass is 10.1. The van der Waals surface area contributed by atoms with Gasteiger partial charge in [0, 0.05) is 0 Å². The molecule has 0 radical (unpaired) electrons. The Kier molecular flexibility index (Phi) is 9.06. The van der Waals surface area contributed by atoms with E-state index in [2.05, 4.69) is 52.7 Å². The topological polar surface area (TPSA) is 52.6 Å². The fourth-order valence-corrected chi connectivity index (χ4v) is 2.53. The predicted molar refractivity (Wildman–Crippen MR) is 111 cm³/mol. The first-order valence-corrected chi connectivity index (χ1v) is 9.39. The molecule has 3 rings (SSSR count). The second-order valence-electron chi connectivity index (χ2n) is 5.39. The second-order valence-corrected chi connectivity index (χ2v) is 6.93. The Balaban J connectivity index is 0.000000289. The molecule has 4 nitrogen and oxygen atoms in total. The molecule has 0 aliphatic heterocycles. The van der Waals surface area contributed by atoms with Crippen molar-refractivity contribution in [2.24, 2.45) is 0 Å². The van der Waals surface area contributed by atoms with E-state index in [9.17, 15) is 21.6 Å². The highest BCUT2D eigenvalue weighted by Crippen LogP contribution is 2.27. The molecular formula is C20H19F3O4S2. The molecule has 0 N–H and O–H groups in total. The van der Waals surface area contributed by atoms with E-state index in [4.69, 9.17) is 4.74 Å². The second kappa shape index (κ2) is 10.8. The maximum absolute atomic E-state index is 11.9. The molecule has 0 aliphatic rings. The van der Waals surface area contributed by atoms with Crippen LogP contribution < -0.4 is 8.92 Å². The number of benzene rings is 3. The first kappa shape index (κ1) is 24.4. The summed E-state index contributed by atoms with van der Waals surface area (Å²) < 4.78 is 65.6. The molecule has 3 aromatic rings. The van der Waals surface area contributed by atoms with Crippen LogP contribution >= 0.6 is 13.5 Å². The molecule has 3 aromatic carbocycles. The summed E-state index contributed by atoms with van der Waals surface area (Å²) in [5.74, 6) is -0.0603. The lowest BCUT2D eigenvalue weighted by molar-refractivity contribution is -0.0500. The van der Waals surface area contributed by atoms with Gasteiger partial charge in [0.25, 0.3) is 0 Å². The average molecular weight is 444 g/mol. The molecule has 9 heteroatoms. The first-order chi connectivity index (χ1) is 13.2. The Morgan fingerprint density at radius 1 is 0.690 bits per heavy atom. The van der Waals surface area contributed by atoms with Crippen molar-refractivity contribution >= 4 is 23.6 Å². The molecule has 0 bridgehead atoms. The highest BCUT2D eigenvalue weighted by atomic mass is 32.2. The molecule has 0 aromatic heterocycles. The predicted octanol–water partition coefficient (Wildman–Crippen LogP) is 5.39. The van der Waals surface area contributed by atoms with Gasteiger partial charge in [-0.15, -0.1) is 0 Å². The summed E-state index contributed by atoms with van der Waals surface area (Å²) >= 11 is 0. The van der Waals surface area contributed by atoms with Crippen LogP contribution in [0.5, 0.6) is 11.5 Å². The summed E-state index contributed by atoms with van der Waals surface area (Å²) in [5.41, 5.74) is -2.89. The standard InChI is InChI=1S/C12H10.C8H7F3O4S.H2S/c1-3-7-11(8-4-1)12-9-5-2-6-10-12;1-14-6-2-4-7(5-3-6)15-16(12,13)8(9,10)11;/h1-10H;2-5H,1H3;1H2. The molecule has 0 atom stereocenters. The molecule has 0 saturated heterocycles. The molecule has 0 saturated carbocycles. The largest absolute Gasteiger partial charge is 0.534 e. The van der Waals surface area contributed by atoms with Gasteiger partial charge in [-0.25, -0.2) is 0 Å². The number of halogens is 3. The van der Waals surface area contributed by atoms with E-state index in [1.165, 1.54) is 30.4 Å². The third-order valence-corrected chi connectivity index (χ3v) is 4.41. The summed E-state index contributed by atoms with van der Waals surface area (Å²) in [6, 6.07) is 25.5. The zero-order valence-corrected chi connectivity index (χ0v) is 17.1. The Morgan fingerprint density at radius 2 is 1.07 bits per heavy atom. The van der Waals surface area contributed by atoms with E-state index in [0.29, 0.717) is 5.75 Å². The summed E-state index contributed by atoms with van der Waals surface area (Å²) in [4.78, 5) is 0. The molecule has 156 valence electrons. The van der Waals surface area contributed by atoms with Gasteiger partial charge in [0.05, 0.1) is 7.11 Å². The highest BCUT2D eigenvalue weighted by Gasteiger charge is 2.48. The van der Waals surface area contributed by atoms with Crippen molar-refractivity contribution < 1.29 is 30.5 Å². The van der Waals surface area contributed by atoms with E-state index in [0.717, 1.165) is 12.1 Å². The quantitative estimate of drug-likeness (QED) is 0.400. The SMILES string of the molecule is COc1ccc(OS(=O)(=O)C(F)(F)F)cc1.S.c1ccc(-c2ccccc2)cc1. The van der Waals surface area contributed by atoms with Crippen LogP contribution in [0.3, 0.4) is 0 Å². The first-order valence-electron chi connectivity index (χ1n) is 7.98. The van der Waals surface area contributed by atoms with Crippen molar-refractivity contribution in [1.82, 2.24) is 0 Å². The zero-order chi connectivity index (χ0) is 20.6. The average Bonchev–Trinajstić information content (AvgIpc) is 2.69. The number of hydrogen-bond acceptors (Lipinski definition) is 4. The number of alkyl halides is 3. The summed E-state index contributed by atoms with van der Waals surface area (Å²) in [6.07, 6.45) is 0. The number of ether oxygens (including phenoxy) is 1. The van der Waals surface area contributed by atoms with Crippen molar-refractivity contribution in [3.05, 3.63) is 84.9 Å². The fourth-order valence-electron chi connectivity index (χ4n) is 2.07. The van der Waals surface area contributed by atoms with E-state index in [1.54, 1.807) is 0 Å². The molecule has 0 amide bonds. The third-order valence-electron chi connectivity index (χ3n) is 3.43. The Hall–Kier alpha value is -2.65. The Bertz CT molecular complexity index is 923. The summed E-state index contributed by atoms with van der Waals surface area (Å²) in [6.45, 7) is 0. The van der Waals surface area contributed by atoms with Gasteiger partial charge in [-0.1, -0.05) is 60.7 Å². The monoisotopic (exact) mass is 444 g/mol. The van der Waals surface area contributed by atoms with Gasteiger partial charge in [-0.3, -0.25) is 0 Å². The van der Waals surface area contributed by atoms with E-state index < -0.39 is 21.4 Å².